The van der Waals surface area contributed by atoms with Gasteiger partial charge in [0.2, 0.25) is 0 Å². The Morgan fingerprint density at radius 2 is 2.16 bits per heavy atom. The summed E-state index contributed by atoms with van der Waals surface area (Å²) < 4.78 is 0. The van der Waals surface area contributed by atoms with Gasteiger partial charge in [0.1, 0.15) is 0 Å². The Hall–Kier alpha value is -1.97. The summed E-state index contributed by atoms with van der Waals surface area (Å²) in [6, 6.07) is 6.67. The van der Waals surface area contributed by atoms with Gasteiger partial charge in [0.25, 0.3) is 0 Å². The summed E-state index contributed by atoms with van der Waals surface area (Å²) in [6.07, 6.45) is 1.81. The van der Waals surface area contributed by atoms with E-state index in [4.69, 9.17) is 0 Å². The Bertz CT molecular complexity index is 642. The largest absolute Gasteiger partial charge is 0.358 e. The van der Waals surface area contributed by atoms with Crippen molar-refractivity contribution in [1.29, 1.82) is 0 Å². The van der Waals surface area contributed by atoms with Crippen LogP contribution in [0.25, 0.3) is 10.9 Å². The van der Waals surface area contributed by atoms with E-state index in [0.29, 0.717) is 0 Å². The van der Waals surface area contributed by atoms with Crippen molar-refractivity contribution in [3.8, 4) is 0 Å². The summed E-state index contributed by atoms with van der Waals surface area (Å²) in [5.41, 5.74) is 5.11. The molecule has 2 aromatic rings. The molecule has 1 aliphatic carbocycles. The number of urea groups is 1. The zero-order valence-corrected chi connectivity index (χ0v) is 11.6. The van der Waals surface area contributed by atoms with Gasteiger partial charge in [-0.2, -0.15) is 0 Å². The molecule has 3 rings (SSSR count). The number of aryl methyl sites for hydroxylation is 1. The predicted octanol–water partition coefficient (Wildman–Crippen LogP) is 2.21. The number of H-pyrrole nitrogens is 1. The van der Waals surface area contributed by atoms with Gasteiger partial charge in [-0.3, -0.25) is 0 Å². The number of carbonyl (C=O) groups is 1. The van der Waals surface area contributed by atoms with E-state index in [1.54, 1.807) is 19.0 Å². The zero-order valence-electron chi connectivity index (χ0n) is 11.6. The number of nitrogens with zero attached hydrogens (tertiary/aromatic N) is 1. The van der Waals surface area contributed by atoms with Gasteiger partial charge in [-0.05, 0) is 31.0 Å². The first kappa shape index (κ1) is 12.1. The maximum Gasteiger partial charge on any atom is 0.317 e. The normalized spacial score (nSPS) is 17.5. The molecule has 4 heteroatoms. The minimum absolute atomic E-state index is 0.0179. The van der Waals surface area contributed by atoms with Crippen LogP contribution in [-0.2, 0) is 12.8 Å². The molecule has 1 aliphatic rings. The molecule has 0 bridgehead atoms. The van der Waals surface area contributed by atoms with Crippen LogP contribution in [0.1, 0.15) is 16.8 Å². The molecule has 2 N–H and O–H groups in total. The first-order valence-electron chi connectivity index (χ1n) is 6.62. The average molecular weight is 257 g/mol. The third-order valence-corrected chi connectivity index (χ3v) is 3.78. The molecule has 1 aromatic carbocycles. The van der Waals surface area contributed by atoms with E-state index in [9.17, 15) is 4.79 Å². The monoisotopic (exact) mass is 257 g/mol. The van der Waals surface area contributed by atoms with Crippen LogP contribution >= 0.6 is 0 Å². The van der Waals surface area contributed by atoms with Crippen molar-refractivity contribution in [1.82, 2.24) is 15.2 Å². The van der Waals surface area contributed by atoms with Gasteiger partial charge in [0.05, 0.1) is 0 Å². The van der Waals surface area contributed by atoms with Crippen molar-refractivity contribution in [3.05, 3.63) is 35.0 Å². The molecule has 1 unspecified atom stereocenters. The first-order chi connectivity index (χ1) is 9.04. The number of amides is 2. The quantitative estimate of drug-likeness (QED) is 0.808. The van der Waals surface area contributed by atoms with Crippen LogP contribution < -0.4 is 5.32 Å². The van der Waals surface area contributed by atoms with Gasteiger partial charge in [0.15, 0.2) is 0 Å². The molecule has 1 aromatic heterocycles. The highest BCUT2D eigenvalue weighted by Gasteiger charge is 2.26. The van der Waals surface area contributed by atoms with E-state index in [-0.39, 0.29) is 12.1 Å². The highest BCUT2D eigenvalue weighted by atomic mass is 16.2. The molecule has 2 amide bonds. The Labute approximate surface area is 112 Å². The van der Waals surface area contributed by atoms with Gasteiger partial charge in [-0.15, -0.1) is 0 Å². The molecule has 0 radical (unpaired) electrons. The molecule has 19 heavy (non-hydrogen) atoms. The van der Waals surface area contributed by atoms with E-state index in [1.807, 2.05) is 0 Å². The SMILES string of the molecule is Cc1ccc2[nH]c3c(c2c1)CC(NC(=O)N(C)C)C3. The van der Waals surface area contributed by atoms with Crippen LogP contribution in [0.4, 0.5) is 4.79 Å². The number of rotatable bonds is 1. The van der Waals surface area contributed by atoms with Crippen LogP contribution in [0.5, 0.6) is 0 Å². The highest BCUT2D eigenvalue weighted by Crippen LogP contribution is 2.30. The topological polar surface area (TPSA) is 48.1 Å². The van der Waals surface area contributed by atoms with Crippen molar-refractivity contribution in [2.45, 2.75) is 25.8 Å². The fourth-order valence-corrected chi connectivity index (χ4v) is 2.80. The van der Waals surface area contributed by atoms with Crippen LogP contribution in [0, 0.1) is 6.92 Å². The highest BCUT2D eigenvalue weighted by molar-refractivity contribution is 5.86. The van der Waals surface area contributed by atoms with Crippen molar-refractivity contribution in [2.24, 2.45) is 0 Å². The molecule has 1 heterocycles. The number of hydrogen-bond donors (Lipinski definition) is 2. The Morgan fingerprint density at radius 1 is 1.37 bits per heavy atom. The maximum absolute atomic E-state index is 11.7. The molecule has 1 atom stereocenters. The van der Waals surface area contributed by atoms with Gasteiger partial charge < -0.3 is 15.2 Å². The lowest BCUT2D eigenvalue weighted by Gasteiger charge is -2.17. The Morgan fingerprint density at radius 3 is 2.89 bits per heavy atom. The van der Waals surface area contributed by atoms with E-state index in [0.717, 1.165) is 12.8 Å². The molecular formula is C15H19N3O. The lowest BCUT2D eigenvalue weighted by Crippen LogP contribution is -2.41. The van der Waals surface area contributed by atoms with Crippen molar-refractivity contribution < 1.29 is 4.79 Å². The van der Waals surface area contributed by atoms with E-state index in [1.165, 1.54) is 27.7 Å². The average Bonchev–Trinajstić information content (AvgIpc) is 2.86. The van der Waals surface area contributed by atoms with Crippen LogP contribution in [0.3, 0.4) is 0 Å². The Kier molecular flexibility index (Phi) is 2.73. The summed E-state index contributed by atoms with van der Waals surface area (Å²) in [4.78, 5) is 16.7. The summed E-state index contributed by atoms with van der Waals surface area (Å²) in [5.74, 6) is 0. The summed E-state index contributed by atoms with van der Waals surface area (Å²) in [7, 11) is 3.53. The van der Waals surface area contributed by atoms with Gasteiger partial charge in [-0.1, -0.05) is 11.6 Å². The number of benzene rings is 1. The minimum atomic E-state index is -0.0179. The predicted molar refractivity (Wildman–Crippen MR) is 76.5 cm³/mol. The van der Waals surface area contributed by atoms with E-state index >= 15 is 0 Å². The lowest BCUT2D eigenvalue weighted by molar-refractivity contribution is 0.213. The van der Waals surface area contributed by atoms with Crippen LogP contribution in [-0.4, -0.2) is 36.1 Å². The summed E-state index contributed by atoms with van der Waals surface area (Å²) >= 11 is 0. The Balaban J connectivity index is 1.85. The number of aromatic amines is 1. The first-order valence-corrected chi connectivity index (χ1v) is 6.62. The number of nitrogens with one attached hydrogen (secondary N) is 2. The molecule has 0 fully saturated rings. The smallest absolute Gasteiger partial charge is 0.317 e. The molecule has 100 valence electrons. The van der Waals surface area contributed by atoms with Crippen molar-refractivity contribution >= 4 is 16.9 Å². The van der Waals surface area contributed by atoms with Gasteiger partial charge in [0, 0.05) is 43.2 Å². The van der Waals surface area contributed by atoms with E-state index in [2.05, 4.69) is 35.4 Å². The number of fused-ring (bicyclic) bond motifs is 3. The zero-order chi connectivity index (χ0) is 13.6. The van der Waals surface area contributed by atoms with Crippen molar-refractivity contribution in [2.75, 3.05) is 14.1 Å². The second-order valence-corrected chi connectivity index (χ2v) is 5.58. The standard InChI is InChI=1S/C15H19N3O/c1-9-4-5-13-11(6-9)12-7-10(8-14(12)17-13)16-15(19)18(2)3/h4-6,10,17H,7-8H2,1-3H3,(H,16,19). The van der Waals surface area contributed by atoms with Gasteiger partial charge >= 0.3 is 6.03 Å². The van der Waals surface area contributed by atoms with Crippen molar-refractivity contribution in [3.63, 3.8) is 0 Å². The number of hydrogen-bond acceptors (Lipinski definition) is 1. The second-order valence-electron chi connectivity index (χ2n) is 5.58. The fraction of sp³-hybridized carbons (Fsp3) is 0.400. The molecule has 0 spiro atoms. The maximum atomic E-state index is 11.7. The molecule has 4 nitrogen and oxygen atoms in total. The third kappa shape index (κ3) is 2.07. The molecular weight excluding hydrogens is 238 g/mol. The third-order valence-electron chi connectivity index (χ3n) is 3.78. The van der Waals surface area contributed by atoms with Crippen LogP contribution in [0.2, 0.25) is 0 Å². The molecule has 0 saturated carbocycles. The minimum Gasteiger partial charge on any atom is -0.358 e. The fourth-order valence-electron chi connectivity index (χ4n) is 2.80. The molecule has 0 saturated heterocycles. The van der Waals surface area contributed by atoms with Crippen LogP contribution in [0.15, 0.2) is 18.2 Å². The molecule has 0 aliphatic heterocycles. The van der Waals surface area contributed by atoms with Gasteiger partial charge in [-0.25, -0.2) is 4.79 Å². The second kappa shape index (κ2) is 4.30. The number of carbonyl (C=O) groups excluding carboxylic acids is 1. The lowest BCUT2D eigenvalue weighted by atomic mass is 10.1. The summed E-state index contributed by atoms with van der Waals surface area (Å²) in [6.45, 7) is 2.11. The number of aromatic nitrogens is 1. The summed E-state index contributed by atoms with van der Waals surface area (Å²) in [5, 5.41) is 4.36. The van der Waals surface area contributed by atoms with E-state index < -0.39 is 0 Å².